The van der Waals surface area contributed by atoms with Crippen molar-refractivity contribution in [3.8, 4) is 0 Å². The minimum atomic E-state index is -0.866. The largest absolute Gasteiger partial charge is 0.465 e. The Bertz CT molecular complexity index is 276. The molecule has 0 spiro atoms. The maximum atomic E-state index is 10.9. The standard InChI is InChI=1S/C11H20N2O4.ClH/c1-16-10-6-13(11(14)15)3-2-8(10)7-17-9-4-12-5-9;/h8-10,12H,2-7H2,1H3,(H,14,15);1H. The zero-order chi connectivity index (χ0) is 12.3. The van der Waals surface area contributed by atoms with Gasteiger partial charge in [0.15, 0.2) is 0 Å². The van der Waals surface area contributed by atoms with Crippen LogP contribution in [0.15, 0.2) is 0 Å². The normalized spacial score (nSPS) is 28.4. The molecular weight excluding hydrogens is 260 g/mol. The summed E-state index contributed by atoms with van der Waals surface area (Å²) in [5, 5.41) is 12.1. The van der Waals surface area contributed by atoms with Gasteiger partial charge < -0.3 is 24.8 Å². The molecule has 18 heavy (non-hydrogen) atoms. The highest BCUT2D eigenvalue weighted by Crippen LogP contribution is 2.21. The van der Waals surface area contributed by atoms with Crippen molar-refractivity contribution >= 4 is 18.5 Å². The van der Waals surface area contributed by atoms with Gasteiger partial charge in [-0.1, -0.05) is 0 Å². The lowest BCUT2D eigenvalue weighted by atomic mass is 9.94. The van der Waals surface area contributed by atoms with Crippen LogP contribution in [0.5, 0.6) is 0 Å². The molecule has 2 aliphatic heterocycles. The number of amides is 1. The third kappa shape index (κ3) is 3.71. The van der Waals surface area contributed by atoms with E-state index in [2.05, 4.69) is 5.32 Å². The SMILES string of the molecule is COC1CN(C(=O)O)CCC1COC1CNC1.Cl. The number of nitrogens with zero attached hydrogens (tertiary/aromatic N) is 1. The number of hydrogen-bond acceptors (Lipinski definition) is 4. The van der Waals surface area contributed by atoms with Gasteiger partial charge in [-0.05, 0) is 6.42 Å². The van der Waals surface area contributed by atoms with Crippen molar-refractivity contribution in [2.75, 3.05) is 39.9 Å². The Hall–Kier alpha value is -0.560. The number of carboxylic acid groups (broad SMARTS) is 1. The first-order valence-corrected chi connectivity index (χ1v) is 6.03. The van der Waals surface area contributed by atoms with E-state index in [4.69, 9.17) is 14.6 Å². The van der Waals surface area contributed by atoms with Crippen LogP contribution in [0.25, 0.3) is 0 Å². The average Bonchev–Trinajstić information content (AvgIpc) is 2.27. The van der Waals surface area contributed by atoms with Gasteiger partial charge in [-0.2, -0.15) is 0 Å². The van der Waals surface area contributed by atoms with E-state index in [9.17, 15) is 4.79 Å². The molecule has 2 N–H and O–H groups in total. The van der Waals surface area contributed by atoms with Crippen LogP contribution in [0.2, 0.25) is 0 Å². The Labute approximate surface area is 113 Å². The lowest BCUT2D eigenvalue weighted by Gasteiger charge is -2.37. The molecule has 2 unspecified atom stereocenters. The van der Waals surface area contributed by atoms with E-state index in [0.717, 1.165) is 19.5 Å². The lowest BCUT2D eigenvalue weighted by molar-refractivity contribution is -0.0662. The second-order valence-corrected chi connectivity index (χ2v) is 4.67. The Kier molecular flexibility index (Phi) is 6.14. The fourth-order valence-electron chi connectivity index (χ4n) is 2.24. The summed E-state index contributed by atoms with van der Waals surface area (Å²) in [6, 6.07) is 0. The minimum absolute atomic E-state index is 0. The Morgan fingerprint density at radius 3 is 2.72 bits per heavy atom. The third-order valence-corrected chi connectivity index (χ3v) is 3.56. The number of hydrogen-bond donors (Lipinski definition) is 2. The number of nitrogens with one attached hydrogen (secondary N) is 1. The average molecular weight is 281 g/mol. The molecule has 0 aromatic rings. The first-order chi connectivity index (χ1) is 8.20. The highest BCUT2D eigenvalue weighted by molar-refractivity contribution is 5.85. The number of rotatable bonds is 4. The van der Waals surface area contributed by atoms with E-state index in [0.29, 0.717) is 31.7 Å². The van der Waals surface area contributed by atoms with Gasteiger partial charge in [-0.25, -0.2) is 4.79 Å². The van der Waals surface area contributed by atoms with Crippen LogP contribution >= 0.6 is 12.4 Å². The molecule has 0 saturated carbocycles. The van der Waals surface area contributed by atoms with E-state index in [-0.39, 0.29) is 18.5 Å². The summed E-state index contributed by atoms with van der Waals surface area (Å²) in [5.41, 5.74) is 0. The van der Waals surface area contributed by atoms with E-state index >= 15 is 0 Å². The molecule has 6 nitrogen and oxygen atoms in total. The summed E-state index contributed by atoms with van der Waals surface area (Å²) in [6.45, 7) is 3.53. The third-order valence-electron chi connectivity index (χ3n) is 3.56. The summed E-state index contributed by atoms with van der Waals surface area (Å²) in [7, 11) is 1.63. The molecule has 106 valence electrons. The molecule has 2 heterocycles. The number of carbonyl (C=O) groups is 1. The smallest absolute Gasteiger partial charge is 0.407 e. The van der Waals surface area contributed by atoms with Crippen molar-refractivity contribution in [3.05, 3.63) is 0 Å². The first-order valence-electron chi connectivity index (χ1n) is 6.03. The monoisotopic (exact) mass is 280 g/mol. The number of halogens is 1. The van der Waals surface area contributed by atoms with E-state index < -0.39 is 6.09 Å². The summed E-state index contributed by atoms with van der Waals surface area (Å²) in [4.78, 5) is 12.3. The molecule has 2 fully saturated rings. The maximum absolute atomic E-state index is 10.9. The molecule has 7 heteroatoms. The van der Waals surface area contributed by atoms with Crippen LogP contribution in [0.4, 0.5) is 4.79 Å². The Morgan fingerprint density at radius 1 is 1.50 bits per heavy atom. The van der Waals surface area contributed by atoms with Gasteiger partial charge in [0, 0.05) is 32.7 Å². The minimum Gasteiger partial charge on any atom is -0.465 e. The van der Waals surface area contributed by atoms with E-state index in [1.807, 2.05) is 0 Å². The fourth-order valence-corrected chi connectivity index (χ4v) is 2.24. The van der Waals surface area contributed by atoms with Gasteiger partial charge >= 0.3 is 6.09 Å². The van der Waals surface area contributed by atoms with Crippen LogP contribution in [0, 0.1) is 5.92 Å². The van der Waals surface area contributed by atoms with E-state index in [1.165, 1.54) is 4.90 Å². The molecule has 0 bridgehead atoms. The summed E-state index contributed by atoms with van der Waals surface area (Å²) >= 11 is 0. The number of likely N-dealkylation sites (tertiary alicyclic amines) is 1. The van der Waals surface area contributed by atoms with Crippen LogP contribution in [-0.4, -0.2) is 68.2 Å². The zero-order valence-electron chi connectivity index (χ0n) is 10.5. The summed E-state index contributed by atoms with van der Waals surface area (Å²) < 4.78 is 11.1. The lowest BCUT2D eigenvalue weighted by Crippen LogP contribution is -2.51. The predicted octanol–water partition coefficient (Wildman–Crippen LogP) is 0.411. The molecular formula is C11H21ClN2O4. The number of piperidine rings is 1. The van der Waals surface area contributed by atoms with Crippen LogP contribution in [0.3, 0.4) is 0 Å². The van der Waals surface area contributed by atoms with Crippen molar-refractivity contribution in [2.45, 2.75) is 18.6 Å². The second-order valence-electron chi connectivity index (χ2n) is 4.67. The molecule has 2 atom stereocenters. The van der Waals surface area contributed by atoms with Gasteiger partial charge in [0.05, 0.1) is 25.4 Å². The molecule has 0 aromatic heterocycles. The van der Waals surface area contributed by atoms with E-state index in [1.54, 1.807) is 7.11 Å². The Balaban J connectivity index is 0.00000162. The van der Waals surface area contributed by atoms with Crippen molar-refractivity contribution in [3.63, 3.8) is 0 Å². The van der Waals surface area contributed by atoms with Crippen molar-refractivity contribution in [1.82, 2.24) is 10.2 Å². The van der Waals surface area contributed by atoms with Gasteiger partial charge in [0.25, 0.3) is 0 Å². The van der Waals surface area contributed by atoms with Crippen LogP contribution < -0.4 is 5.32 Å². The van der Waals surface area contributed by atoms with Gasteiger partial charge in [0.2, 0.25) is 0 Å². The van der Waals surface area contributed by atoms with Gasteiger partial charge in [0.1, 0.15) is 0 Å². The maximum Gasteiger partial charge on any atom is 0.407 e. The highest BCUT2D eigenvalue weighted by atomic mass is 35.5. The molecule has 0 aliphatic carbocycles. The van der Waals surface area contributed by atoms with Crippen molar-refractivity contribution < 1.29 is 19.4 Å². The predicted molar refractivity (Wildman–Crippen MR) is 68.4 cm³/mol. The molecule has 2 aliphatic rings. The highest BCUT2D eigenvalue weighted by Gasteiger charge is 2.32. The topological polar surface area (TPSA) is 71.0 Å². The van der Waals surface area contributed by atoms with Crippen molar-refractivity contribution in [2.24, 2.45) is 5.92 Å². The quantitative estimate of drug-likeness (QED) is 0.781. The second kappa shape index (κ2) is 7.13. The summed E-state index contributed by atoms with van der Waals surface area (Å²) in [6.07, 6.45) is 0.220. The number of methoxy groups -OCH3 is 1. The van der Waals surface area contributed by atoms with Gasteiger partial charge in [-0.15, -0.1) is 12.4 Å². The molecule has 2 rings (SSSR count). The van der Waals surface area contributed by atoms with Crippen LogP contribution in [-0.2, 0) is 9.47 Å². The zero-order valence-corrected chi connectivity index (χ0v) is 11.3. The number of ether oxygens (including phenoxy) is 2. The van der Waals surface area contributed by atoms with Gasteiger partial charge in [-0.3, -0.25) is 0 Å². The summed E-state index contributed by atoms with van der Waals surface area (Å²) in [5.74, 6) is 0.302. The molecule has 0 aromatic carbocycles. The molecule has 2 saturated heterocycles. The van der Waals surface area contributed by atoms with Crippen LogP contribution in [0.1, 0.15) is 6.42 Å². The molecule has 1 amide bonds. The van der Waals surface area contributed by atoms with Crippen molar-refractivity contribution in [1.29, 1.82) is 0 Å². The molecule has 0 radical (unpaired) electrons. The Morgan fingerprint density at radius 2 is 2.22 bits per heavy atom. The first kappa shape index (κ1) is 15.5. The fraction of sp³-hybridized carbons (Fsp3) is 0.909.